The lowest BCUT2D eigenvalue weighted by atomic mass is 9.93. The summed E-state index contributed by atoms with van der Waals surface area (Å²) in [7, 11) is -4.98. The van der Waals surface area contributed by atoms with Crippen molar-refractivity contribution in [2.45, 2.75) is 41.9 Å². The zero-order valence-corrected chi connectivity index (χ0v) is 19.3. The summed E-state index contributed by atoms with van der Waals surface area (Å²) in [6, 6.07) is 4.19. The molecule has 13 nitrogen and oxygen atoms in total. The quantitative estimate of drug-likeness (QED) is 0.184. The van der Waals surface area contributed by atoms with Crippen LogP contribution in [0.25, 0.3) is 0 Å². The van der Waals surface area contributed by atoms with Gasteiger partial charge >= 0.3 is 5.97 Å². The summed E-state index contributed by atoms with van der Waals surface area (Å²) in [6.45, 7) is 0.801. The number of aliphatic carboxylic acids is 1. The molecule has 1 aromatic carbocycles. The lowest BCUT2D eigenvalue weighted by molar-refractivity contribution is -0.387. The molecule has 188 valence electrons. The number of nitro groups is 1. The van der Waals surface area contributed by atoms with Crippen molar-refractivity contribution in [3.8, 4) is 0 Å². The monoisotopic (exact) mass is 499 g/mol. The summed E-state index contributed by atoms with van der Waals surface area (Å²) in [6.07, 6.45) is 2.85. The second-order valence-corrected chi connectivity index (χ2v) is 10.2. The summed E-state index contributed by atoms with van der Waals surface area (Å²) in [5.74, 6) is -2.47. The van der Waals surface area contributed by atoms with Crippen LogP contribution in [-0.2, 0) is 24.2 Å². The van der Waals surface area contributed by atoms with E-state index in [1.54, 1.807) is 0 Å². The highest BCUT2D eigenvalue weighted by molar-refractivity contribution is 7.93. The average Bonchev–Trinajstić information content (AvgIpc) is 2.81. The molecule has 2 rings (SSSR count). The van der Waals surface area contributed by atoms with Gasteiger partial charge in [-0.3, -0.25) is 19.7 Å². The van der Waals surface area contributed by atoms with E-state index in [1.807, 2.05) is 0 Å². The van der Waals surface area contributed by atoms with E-state index < -0.39 is 48.6 Å². The van der Waals surface area contributed by atoms with Gasteiger partial charge in [-0.15, -0.1) is 0 Å². The van der Waals surface area contributed by atoms with Crippen LogP contribution in [0.1, 0.15) is 32.1 Å². The molecule has 1 aromatic rings. The van der Waals surface area contributed by atoms with Crippen LogP contribution in [0.15, 0.2) is 29.2 Å². The average molecular weight is 500 g/mol. The first-order valence-electron chi connectivity index (χ1n) is 10.7. The first-order chi connectivity index (χ1) is 16.0. The van der Waals surface area contributed by atoms with Crippen molar-refractivity contribution in [3.63, 3.8) is 0 Å². The molecule has 1 heterocycles. The van der Waals surface area contributed by atoms with Gasteiger partial charge in [0.2, 0.25) is 26.5 Å². The second kappa shape index (κ2) is 11.9. The smallest absolute Gasteiger partial charge is 0.341 e. The third kappa shape index (κ3) is 6.71. The van der Waals surface area contributed by atoms with E-state index in [0.717, 1.165) is 44.5 Å². The summed E-state index contributed by atoms with van der Waals surface area (Å²) in [5.41, 5.74) is 4.82. The molecule has 14 heteroatoms. The minimum atomic E-state index is -4.98. The van der Waals surface area contributed by atoms with Gasteiger partial charge in [0.25, 0.3) is 5.69 Å². The van der Waals surface area contributed by atoms with Crippen molar-refractivity contribution in [1.29, 1.82) is 0 Å². The summed E-state index contributed by atoms with van der Waals surface area (Å²) in [5, 5.41) is 28.7. The maximum Gasteiger partial charge on any atom is 0.341 e. The molecule has 0 aliphatic carbocycles. The van der Waals surface area contributed by atoms with E-state index in [9.17, 15) is 38.0 Å². The number of sulfone groups is 1. The van der Waals surface area contributed by atoms with Crippen LogP contribution < -0.4 is 21.7 Å². The Kier molecular flexibility index (Phi) is 9.46. The molecule has 1 unspecified atom stereocenters. The molecule has 2 amide bonds. The highest BCUT2D eigenvalue weighted by Crippen LogP contribution is 2.29. The Labute approximate surface area is 196 Å². The van der Waals surface area contributed by atoms with Crippen molar-refractivity contribution in [2.24, 2.45) is 11.7 Å². The maximum absolute atomic E-state index is 12.9. The Morgan fingerprint density at radius 1 is 1.15 bits per heavy atom. The predicted molar refractivity (Wildman–Crippen MR) is 120 cm³/mol. The van der Waals surface area contributed by atoms with E-state index >= 15 is 0 Å². The molecule has 0 radical (unpaired) electrons. The van der Waals surface area contributed by atoms with Crippen LogP contribution in [0.2, 0.25) is 0 Å². The lowest BCUT2D eigenvalue weighted by Crippen LogP contribution is -2.61. The molecule has 34 heavy (non-hydrogen) atoms. The molecule has 0 bridgehead atoms. The number of carbonyl (C=O) groups excluding carboxylic acids is 2. The Hall–Kier alpha value is -3.10. The van der Waals surface area contributed by atoms with Gasteiger partial charge in [-0.25, -0.2) is 13.2 Å². The minimum Gasteiger partial charge on any atom is -0.479 e. The number of nitrogens with one attached hydrogen (secondary N) is 3. The second-order valence-electron chi connectivity index (χ2n) is 8.03. The molecular weight excluding hydrogens is 470 g/mol. The normalized spacial score (nSPS) is 16.3. The topological polar surface area (TPSA) is 211 Å². The standard InChI is InChI=1S/C20H29N5O8S/c21-20(19(28)29,34(32,33)16-4-2-1-3-15(16)25(30)31)13-24-18(27)9-12-23-17(26)6-5-14-7-10-22-11-8-14/h1-4,14,22H,5-13,21H2,(H,23,26)(H,24,27)(H,28,29). The zero-order valence-electron chi connectivity index (χ0n) is 18.5. The van der Waals surface area contributed by atoms with Crippen LogP contribution in [0.5, 0.6) is 0 Å². The molecule has 1 aliphatic rings. The van der Waals surface area contributed by atoms with Crippen LogP contribution in [0, 0.1) is 16.0 Å². The van der Waals surface area contributed by atoms with Crippen LogP contribution in [-0.4, -0.2) is 67.3 Å². The number of carboxylic acids is 1. The number of hydrogen-bond acceptors (Lipinski definition) is 9. The molecule has 6 N–H and O–H groups in total. The van der Waals surface area contributed by atoms with Gasteiger partial charge in [0, 0.05) is 25.5 Å². The molecule has 1 aliphatic heterocycles. The number of nitrogens with zero attached hydrogens (tertiary/aromatic N) is 1. The number of carbonyl (C=O) groups is 3. The number of nitrogens with two attached hydrogens (primary N) is 1. The van der Waals surface area contributed by atoms with E-state index in [4.69, 9.17) is 5.73 Å². The number of benzene rings is 1. The Morgan fingerprint density at radius 3 is 2.38 bits per heavy atom. The van der Waals surface area contributed by atoms with Crippen molar-refractivity contribution in [1.82, 2.24) is 16.0 Å². The van der Waals surface area contributed by atoms with Gasteiger partial charge in [0.1, 0.15) is 4.90 Å². The third-order valence-corrected chi connectivity index (χ3v) is 7.86. The van der Waals surface area contributed by atoms with Crippen LogP contribution in [0.4, 0.5) is 5.69 Å². The SMILES string of the molecule is NC(CNC(=O)CCNC(=O)CCC1CCNCC1)(C(=O)O)S(=O)(=O)c1ccccc1[N+](=O)[O-]. The first kappa shape index (κ1) is 27.1. The zero-order chi connectivity index (χ0) is 25.4. The van der Waals surface area contributed by atoms with Crippen molar-refractivity contribution in [3.05, 3.63) is 34.4 Å². The molecule has 0 spiro atoms. The summed E-state index contributed by atoms with van der Waals surface area (Å²) in [4.78, 5) is 42.1. The number of carboxylic acid groups (broad SMARTS) is 1. The minimum absolute atomic E-state index is 0.0293. The van der Waals surface area contributed by atoms with Gasteiger partial charge in [-0.2, -0.15) is 0 Å². The summed E-state index contributed by atoms with van der Waals surface area (Å²) < 4.78 is 25.8. The fourth-order valence-electron chi connectivity index (χ4n) is 3.54. The van der Waals surface area contributed by atoms with Gasteiger partial charge in [-0.1, -0.05) is 12.1 Å². The van der Waals surface area contributed by atoms with Gasteiger partial charge in [-0.05, 0) is 44.3 Å². The lowest BCUT2D eigenvalue weighted by Gasteiger charge is -2.25. The highest BCUT2D eigenvalue weighted by atomic mass is 32.2. The molecule has 1 atom stereocenters. The van der Waals surface area contributed by atoms with Gasteiger partial charge in [0.15, 0.2) is 0 Å². The number of amides is 2. The van der Waals surface area contributed by atoms with Crippen molar-refractivity contribution < 1.29 is 32.8 Å². The van der Waals surface area contributed by atoms with Crippen molar-refractivity contribution >= 4 is 33.3 Å². The van der Waals surface area contributed by atoms with Gasteiger partial charge < -0.3 is 26.8 Å². The van der Waals surface area contributed by atoms with E-state index in [0.29, 0.717) is 12.3 Å². The Morgan fingerprint density at radius 2 is 1.76 bits per heavy atom. The van der Waals surface area contributed by atoms with E-state index in [-0.39, 0.29) is 18.9 Å². The fourth-order valence-corrected chi connectivity index (χ4v) is 5.10. The maximum atomic E-state index is 12.9. The van der Waals surface area contributed by atoms with Gasteiger partial charge in [0.05, 0.1) is 11.5 Å². The molecule has 1 fully saturated rings. The number of para-hydroxylation sites is 1. The molecule has 0 aromatic heterocycles. The largest absolute Gasteiger partial charge is 0.479 e. The molecule has 0 saturated carbocycles. The number of hydrogen-bond donors (Lipinski definition) is 5. The van der Waals surface area contributed by atoms with Crippen molar-refractivity contribution in [2.75, 3.05) is 26.2 Å². The van der Waals surface area contributed by atoms with E-state index in [2.05, 4.69) is 16.0 Å². The van der Waals surface area contributed by atoms with E-state index in [1.165, 1.54) is 12.1 Å². The highest BCUT2D eigenvalue weighted by Gasteiger charge is 2.51. The molecule has 1 saturated heterocycles. The Balaban J connectivity index is 1.92. The van der Waals surface area contributed by atoms with Crippen LogP contribution >= 0.6 is 0 Å². The van der Waals surface area contributed by atoms with Crippen LogP contribution in [0.3, 0.4) is 0 Å². The fraction of sp³-hybridized carbons (Fsp3) is 0.550. The number of nitro benzene ring substituents is 1. The summed E-state index contributed by atoms with van der Waals surface area (Å²) >= 11 is 0. The number of piperidine rings is 1. The third-order valence-electron chi connectivity index (χ3n) is 5.65. The predicted octanol–water partition coefficient (Wildman–Crippen LogP) is -0.490. The first-order valence-corrected chi connectivity index (χ1v) is 12.2. The Bertz CT molecular complexity index is 1030. The number of rotatable bonds is 12. The molecular formula is C20H29N5O8S.